The van der Waals surface area contributed by atoms with Crippen molar-refractivity contribution < 1.29 is 24.5 Å². The highest BCUT2D eigenvalue weighted by atomic mass is 16.5. The summed E-state index contributed by atoms with van der Waals surface area (Å²) in [7, 11) is 0. The largest absolute Gasteiger partial charge is 0.466 e. The first-order valence-electron chi connectivity index (χ1n) is 27.1. The smallest absolute Gasteiger partial charge is 0.305 e. The van der Waals surface area contributed by atoms with E-state index in [0.717, 1.165) is 83.5 Å². The molecule has 0 bridgehead atoms. The van der Waals surface area contributed by atoms with Gasteiger partial charge in [0, 0.05) is 12.8 Å². The highest BCUT2D eigenvalue weighted by Crippen LogP contribution is 2.16. The Balaban J connectivity index is 3.55. The second-order valence-corrected chi connectivity index (χ2v) is 18.6. The molecule has 360 valence electrons. The maximum Gasteiger partial charge on any atom is 0.305 e. The summed E-state index contributed by atoms with van der Waals surface area (Å²) >= 11 is 0. The molecule has 0 fully saturated rings. The molecule has 0 aliphatic rings. The minimum atomic E-state index is -0.862. The highest BCUT2D eigenvalue weighted by Gasteiger charge is 2.18. The third kappa shape index (κ3) is 47.7. The van der Waals surface area contributed by atoms with Crippen LogP contribution in [0.1, 0.15) is 290 Å². The quantitative estimate of drug-likeness (QED) is 0.0322. The molecule has 0 heterocycles. The van der Waals surface area contributed by atoms with E-state index < -0.39 is 12.1 Å². The van der Waals surface area contributed by atoms with Crippen molar-refractivity contribution in [2.45, 2.75) is 302 Å². The van der Waals surface area contributed by atoms with Gasteiger partial charge in [0.1, 0.15) is 0 Å². The molecule has 0 aromatic carbocycles. The molecule has 6 heteroatoms. The van der Waals surface area contributed by atoms with Crippen LogP contribution in [0.25, 0.3) is 0 Å². The number of aliphatic hydroxyl groups is 2. The number of carbonyl (C=O) groups is 2. The average molecular weight is 860 g/mol. The van der Waals surface area contributed by atoms with E-state index in [1.165, 1.54) is 180 Å². The summed E-state index contributed by atoms with van der Waals surface area (Å²) in [4.78, 5) is 24.4. The second-order valence-electron chi connectivity index (χ2n) is 18.6. The summed E-state index contributed by atoms with van der Waals surface area (Å²) in [6, 6.07) is -0.649. The molecular weight excluding hydrogens is 755 g/mol. The van der Waals surface area contributed by atoms with Gasteiger partial charge in [0.2, 0.25) is 5.91 Å². The first-order chi connectivity index (χ1) is 30.0. The number of aliphatic hydroxyl groups excluding tert-OH is 2. The summed E-state index contributed by atoms with van der Waals surface area (Å²) < 4.78 is 5.42. The van der Waals surface area contributed by atoms with Gasteiger partial charge in [-0.05, 0) is 57.8 Å². The molecule has 1 amide bonds. The molecule has 0 aliphatic heterocycles. The van der Waals surface area contributed by atoms with Crippen LogP contribution in [0.3, 0.4) is 0 Å². The molecule has 0 spiro atoms. The number of carbonyl (C=O) groups excluding carboxylic acids is 2. The van der Waals surface area contributed by atoms with Gasteiger partial charge in [-0.15, -0.1) is 0 Å². The first-order valence-corrected chi connectivity index (χ1v) is 27.1. The van der Waals surface area contributed by atoms with Gasteiger partial charge in [0.25, 0.3) is 0 Å². The molecule has 0 saturated heterocycles. The van der Waals surface area contributed by atoms with Crippen LogP contribution in [-0.2, 0) is 14.3 Å². The van der Waals surface area contributed by atoms with Crippen molar-refractivity contribution in [1.29, 1.82) is 0 Å². The summed E-state index contributed by atoms with van der Waals surface area (Å²) in [6.07, 6.45) is 60.5. The fourth-order valence-electron chi connectivity index (χ4n) is 8.27. The summed E-state index contributed by atoms with van der Waals surface area (Å²) in [5.41, 5.74) is 0. The lowest BCUT2D eigenvalue weighted by atomic mass is 10.0. The van der Waals surface area contributed by atoms with E-state index in [0.29, 0.717) is 19.4 Å². The Labute approximate surface area is 380 Å². The zero-order valence-electron chi connectivity index (χ0n) is 40.9. The Hall–Kier alpha value is -1.66. The zero-order chi connectivity index (χ0) is 44.4. The number of rotatable bonds is 50. The molecule has 6 nitrogen and oxygen atoms in total. The lowest BCUT2D eigenvalue weighted by Crippen LogP contribution is -2.45. The number of nitrogens with one attached hydrogen (secondary N) is 1. The van der Waals surface area contributed by atoms with Crippen LogP contribution in [0, 0.1) is 0 Å². The standard InChI is InChI=1S/C55H105NO5/c1-3-5-7-9-11-13-15-16-17-18-19-20-21-22-23-24-25-28-31-35-39-43-47-53(58)52(51-57)56-54(59)48-44-40-36-32-29-26-30-34-38-42-46-50-61-55(60)49-45-41-37-33-27-14-12-10-8-6-4-2/h30,34,43,47,52-53,57-58H,3-29,31-33,35-42,44-46,48-51H2,1-2H3,(H,56,59)/b34-30-,47-43+. The Bertz CT molecular complexity index is 951. The SMILES string of the molecule is CCCCCCCCCCCCCCCCCCCCCC/C=C/C(O)C(CO)NC(=O)CCCCCCC/C=C\CCCCOC(=O)CCCCCCCCCCCCC. The van der Waals surface area contributed by atoms with Gasteiger partial charge in [0.15, 0.2) is 0 Å². The molecule has 0 rings (SSSR count). The van der Waals surface area contributed by atoms with Crippen molar-refractivity contribution >= 4 is 11.9 Å². The van der Waals surface area contributed by atoms with Crippen molar-refractivity contribution in [3.8, 4) is 0 Å². The Morgan fingerprint density at radius 2 is 0.770 bits per heavy atom. The fourth-order valence-corrected chi connectivity index (χ4v) is 8.27. The van der Waals surface area contributed by atoms with Gasteiger partial charge >= 0.3 is 5.97 Å². The number of hydrogen-bond donors (Lipinski definition) is 3. The van der Waals surface area contributed by atoms with Crippen LogP contribution < -0.4 is 5.32 Å². The number of unbranched alkanes of at least 4 members (excludes halogenated alkanes) is 37. The van der Waals surface area contributed by atoms with Crippen LogP contribution in [0.15, 0.2) is 24.3 Å². The fraction of sp³-hybridized carbons (Fsp3) is 0.891. The van der Waals surface area contributed by atoms with Crippen molar-refractivity contribution in [3.63, 3.8) is 0 Å². The molecule has 0 aliphatic carbocycles. The maximum atomic E-state index is 12.4. The summed E-state index contributed by atoms with van der Waals surface area (Å²) in [5, 5.41) is 23.1. The normalized spacial score (nSPS) is 12.8. The molecule has 61 heavy (non-hydrogen) atoms. The van der Waals surface area contributed by atoms with Crippen molar-refractivity contribution in [2.24, 2.45) is 0 Å². The van der Waals surface area contributed by atoms with Gasteiger partial charge in [-0.25, -0.2) is 0 Å². The monoisotopic (exact) mass is 860 g/mol. The molecule has 0 radical (unpaired) electrons. The zero-order valence-corrected chi connectivity index (χ0v) is 40.9. The van der Waals surface area contributed by atoms with Crippen LogP contribution >= 0.6 is 0 Å². The Kier molecular flexibility index (Phi) is 49.6. The van der Waals surface area contributed by atoms with Crippen LogP contribution in [0.4, 0.5) is 0 Å². The second kappa shape index (κ2) is 51.0. The van der Waals surface area contributed by atoms with Crippen molar-refractivity contribution in [2.75, 3.05) is 13.2 Å². The molecular formula is C55H105NO5. The molecule has 0 saturated carbocycles. The number of esters is 1. The predicted molar refractivity (Wildman–Crippen MR) is 264 cm³/mol. The Morgan fingerprint density at radius 1 is 0.443 bits per heavy atom. The van der Waals surface area contributed by atoms with E-state index in [9.17, 15) is 19.8 Å². The highest BCUT2D eigenvalue weighted by molar-refractivity contribution is 5.76. The van der Waals surface area contributed by atoms with Gasteiger partial charge < -0.3 is 20.3 Å². The van der Waals surface area contributed by atoms with Crippen molar-refractivity contribution in [3.05, 3.63) is 24.3 Å². The number of allylic oxidation sites excluding steroid dienone is 3. The lowest BCUT2D eigenvalue weighted by Gasteiger charge is -2.20. The van der Waals surface area contributed by atoms with Gasteiger partial charge in [-0.3, -0.25) is 9.59 Å². The van der Waals surface area contributed by atoms with Gasteiger partial charge in [-0.1, -0.05) is 244 Å². The lowest BCUT2D eigenvalue weighted by molar-refractivity contribution is -0.143. The first kappa shape index (κ1) is 59.3. The molecule has 2 atom stereocenters. The average Bonchev–Trinajstić information content (AvgIpc) is 3.26. The predicted octanol–water partition coefficient (Wildman–Crippen LogP) is 16.3. The summed E-state index contributed by atoms with van der Waals surface area (Å²) in [6.45, 7) is 4.83. The van der Waals surface area contributed by atoms with Crippen LogP contribution in [0.2, 0.25) is 0 Å². The van der Waals surface area contributed by atoms with E-state index in [-0.39, 0.29) is 18.5 Å². The molecule has 2 unspecified atom stereocenters. The van der Waals surface area contributed by atoms with Crippen LogP contribution in [-0.4, -0.2) is 47.4 Å². The third-order valence-corrected chi connectivity index (χ3v) is 12.5. The van der Waals surface area contributed by atoms with Gasteiger partial charge in [0.05, 0.1) is 25.4 Å². The molecule has 3 N–H and O–H groups in total. The number of hydrogen-bond acceptors (Lipinski definition) is 5. The maximum absolute atomic E-state index is 12.4. The number of amides is 1. The van der Waals surface area contributed by atoms with E-state index in [4.69, 9.17) is 4.74 Å². The minimum absolute atomic E-state index is 0.0330. The minimum Gasteiger partial charge on any atom is -0.466 e. The van der Waals surface area contributed by atoms with Crippen molar-refractivity contribution in [1.82, 2.24) is 5.32 Å². The van der Waals surface area contributed by atoms with Gasteiger partial charge in [-0.2, -0.15) is 0 Å². The van der Waals surface area contributed by atoms with E-state index in [1.54, 1.807) is 6.08 Å². The topological polar surface area (TPSA) is 95.9 Å². The third-order valence-electron chi connectivity index (χ3n) is 12.5. The van der Waals surface area contributed by atoms with Crippen LogP contribution in [0.5, 0.6) is 0 Å². The van der Waals surface area contributed by atoms with E-state index in [1.807, 2.05) is 6.08 Å². The Morgan fingerprint density at radius 3 is 1.16 bits per heavy atom. The van der Waals surface area contributed by atoms with E-state index >= 15 is 0 Å². The van der Waals surface area contributed by atoms with E-state index in [2.05, 4.69) is 31.3 Å². The molecule has 0 aromatic heterocycles. The molecule has 0 aromatic rings. The summed E-state index contributed by atoms with van der Waals surface area (Å²) in [5.74, 6) is -0.128. The number of ether oxygens (including phenoxy) is 1.